The minimum absolute atomic E-state index is 0.159. The minimum Gasteiger partial charge on any atom is -0.423 e. The molecule has 0 aliphatic carbocycles. The molecular formula is C20H12Cl2N2O3S2. The predicted octanol–water partition coefficient (Wildman–Crippen LogP) is 5.95. The van der Waals surface area contributed by atoms with Gasteiger partial charge in [0, 0.05) is 33.1 Å². The Bertz CT molecular complexity index is 1270. The number of benzene rings is 2. The summed E-state index contributed by atoms with van der Waals surface area (Å²) in [6.07, 6.45) is 0. The van der Waals surface area contributed by atoms with Crippen molar-refractivity contribution in [1.29, 1.82) is 0 Å². The first kappa shape index (κ1) is 20.0. The van der Waals surface area contributed by atoms with Gasteiger partial charge in [-0.25, -0.2) is 9.78 Å². The Morgan fingerprint density at radius 3 is 2.83 bits per heavy atom. The number of carbonyl (C=O) groups excluding carboxylic acids is 1. The van der Waals surface area contributed by atoms with Crippen LogP contribution >= 0.6 is 46.3 Å². The first-order chi connectivity index (χ1) is 14.0. The van der Waals surface area contributed by atoms with E-state index < -0.39 is 5.63 Å². The van der Waals surface area contributed by atoms with Gasteiger partial charge in [-0.3, -0.25) is 4.79 Å². The Morgan fingerprint density at radius 2 is 2.00 bits per heavy atom. The van der Waals surface area contributed by atoms with E-state index in [1.165, 1.54) is 29.2 Å². The SMILES string of the molecule is O=C(CSc1nc(-c2ccc(Cl)cc2Cl)cs1)Nc1ccc2oc(=O)ccc2c1. The molecule has 1 amide bonds. The molecule has 0 aliphatic heterocycles. The third-order valence-corrected chi connectivity index (χ3v) is 6.49. The predicted molar refractivity (Wildman–Crippen MR) is 119 cm³/mol. The second-order valence-corrected chi connectivity index (χ2v) is 8.89. The van der Waals surface area contributed by atoms with Gasteiger partial charge in [0.25, 0.3) is 0 Å². The monoisotopic (exact) mass is 462 g/mol. The number of anilines is 1. The van der Waals surface area contributed by atoms with E-state index >= 15 is 0 Å². The Kier molecular flexibility index (Phi) is 5.91. The zero-order valence-electron chi connectivity index (χ0n) is 14.6. The molecular weight excluding hydrogens is 451 g/mol. The first-order valence-corrected chi connectivity index (χ1v) is 11.0. The normalized spacial score (nSPS) is 11.0. The standard InChI is InChI=1S/C20H12Cl2N2O3S2/c21-12-2-4-14(15(22)8-12)16-9-28-20(24-16)29-10-18(25)23-13-3-5-17-11(7-13)1-6-19(26)27-17/h1-9H,10H2,(H,23,25). The van der Waals surface area contributed by atoms with Gasteiger partial charge in [-0.2, -0.15) is 0 Å². The van der Waals surface area contributed by atoms with Crippen LogP contribution in [-0.4, -0.2) is 16.6 Å². The fourth-order valence-electron chi connectivity index (χ4n) is 2.62. The molecule has 0 bridgehead atoms. The van der Waals surface area contributed by atoms with Crippen LogP contribution in [0.5, 0.6) is 0 Å². The Balaban J connectivity index is 1.39. The number of thioether (sulfide) groups is 1. The summed E-state index contributed by atoms with van der Waals surface area (Å²) in [4.78, 5) is 28.0. The topological polar surface area (TPSA) is 72.2 Å². The molecule has 0 unspecified atom stereocenters. The van der Waals surface area contributed by atoms with Crippen LogP contribution in [0.4, 0.5) is 5.69 Å². The molecule has 0 spiro atoms. The second-order valence-electron chi connectivity index (χ2n) is 5.97. The van der Waals surface area contributed by atoms with E-state index in [9.17, 15) is 9.59 Å². The number of amides is 1. The molecule has 0 atom stereocenters. The van der Waals surface area contributed by atoms with E-state index in [4.69, 9.17) is 27.6 Å². The summed E-state index contributed by atoms with van der Waals surface area (Å²) in [6.45, 7) is 0. The summed E-state index contributed by atoms with van der Waals surface area (Å²) in [5.74, 6) is 0.0523. The highest BCUT2D eigenvalue weighted by atomic mass is 35.5. The summed E-state index contributed by atoms with van der Waals surface area (Å²) >= 11 is 14.9. The molecule has 0 fully saturated rings. The summed E-state index contributed by atoms with van der Waals surface area (Å²) in [5, 5.41) is 6.56. The lowest BCUT2D eigenvalue weighted by atomic mass is 10.2. The average molecular weight is 463 g/mol. The smallest absolute Gasteiger partial charge is 0.336 e. The van der Waals surface area contributed by atoms with Gasteiger partial charge in [0.1, 0.15) is 5.58 Å². The van der Waals surface area contributed by atoms with Crippen molar-refractivity contribution < 1.29 is 9.21 Å². The molecule has 146 valence electrons. The van der Waals surface area contributed by atoms with Crippen LogP contribution in [0.25, 0.3) is 22.2 Å². The Hall–Kier alpha value is -2.32. The van der Waals surface area contributed by atoms with Crippen LogP contribution in [0, 0.1) is 0 Å². The lowest BCUT2D eigenvalue weighted by Gasteiger charge is -2.05. The lowest BCUT2D eigenvalue weighted by Crippen LogP contribution is -2.13. The van der Waals surface area contributed by atoms with Gasteiger partial charge < -0.3 is 9.73 Å². The zero-order valence-corrected chi connectivity index (χ0v) is 17.8. The van der Waals surface area contributed by atoms with Gasteiger partial charge >= 0.3 is 5.63 Å². The molecule has 2 aromatic heterocycles. The van der Waals surface area contributed by atoms with Crippen molar-refractivity contribution in [2.75, 3.05) is 11.1 Å². The van der Waals surface area contributed by atoms with E-state index in [1.807, 2.05) is 11.4 Å². The Morgan fingerprint density at radius 1 is 1.14 bits per heavy atom. The maximum absolute atomic E-state index is 12.3. The van der Waals surface area contributed by atoms with E-state index in [1.54, 1.807) is 36.4 Å². The number of thiazole rings is 1. The van der Waals surface area contributed by atoms with Gasteiger partial charge in [0.2, 0.25) is 5.91 Å². The van der Waals surface area contributed by atoms with Crippen LogP contribution < -0.4 is 10.9 Å². The summed E-state index contributed by atoms with van der Waals surface area (Å²) < 4.78 is 5.85. The second kappa shape index (κ2) is 8.59. The van der Waals surface area contributed by atoms with Crippen molar-refractivity contribution in [3.05, 3.63) is 74.4 Å². The minimum atomic E-state index is -0.409. The quantitative estimate of drug-likeness (QED) is 0.292. The molecule has 2 heterocycles. The van der Waals surface area contributed by atoms with Crippen LogP contribution in [0.15, 0.2) is 67.5 Å². The van der Waals surface area contributed by atoms with Crippen molar-refractivity contribution >= 4 is 68.9 Å². The van der Waals surface area contributed by atoms with Gasteiger partial charge in [-0.15, -0.1) is 11.3 Å². The molecule has 1 N–H and O–H groups in total. The van der Waals surface area contributed by atoms with Gasteiger partial charge in [0.15, 0.2) is 4.34 Å². The largest absolute Gasteiger partial charge is 0.423 e. The lowest BCUT2D eigenvalue weighted by molar-refractivity contribution is -0.113. The summed E-state index contributed by atoms with van der Waals surface area (Å²) in [5.41, 5.74) is 2.24. The number of aromatic nitrogens is 1. The van der Waals surface area contributed by atoms with Crippen LogP contribution in [0.2, 0.25) is 10.0 Å². The first-order valence-electron chi connectivity index (χ1n) is 8.35. The van der Waals surface area contributed by atoms with Crippen LogP contribution in [-0.2, 0) is 4.79 Å². The fourth-order valence-corrected chi connectivity index (χ4v) is 4.75. The zero-order chi connectivity index (χ0) is 20.4. The van der Waals surface area contributed by atoms with Crippen molar-refractivity contribution in [3.8, 4) is 11.3 Å². The third-order valence-electron chi connectivity index (χ3n) is 3.92. The number of nitrogens with zero attached hydrogens (tertiary/aromatic N) is 1. The van der Waals surface area contributed by atoms with Gasteiger partial charge in [0.05, 0.1) is 16.5 Å². The molecule has 0 saturated heterocycles. The van der Waals surface area contributed by atoms with E-state index in [-0.39, 0.29) is 11.7 Å². The van der Waals surface area contributed by atoms with E-state index in [0.717, 1.165) is 21.0 Å². The highest BCUT2D eigenvalue weighted by Gasteiger charge is 2.11. The molecule has 29 heavy (non-hydrogen) atoms. The van der Waals surface area contributed by atoms with Crippen molar-refractivity contribution in [3.63, 3.8) is 0 Å². The van der Waals surface area contributed by atoms with Gasteiger partial charge in [-0.1, -0.05) is 35.0 Å². The molecule has 9 heteroatoms. The average Bonchev–Trinajstić information content (AvgIpc) is 3.15. The molecule has 5 nitrogen and oxygen atoms in total. The molecule has 2 aromatic carbocycles. The summed E-state index contributed by atoms with van der Waals surface area (Å²) in [7, 11) is 0. The van der Waals surface area contributed by atoms with Crippen LogP contribution in [0.3, 0.4) is 0 Å². The maximum atomic E-state index is 12.3. The number of rotatable bonds is 5. The molecule has 4 aromatic rings. The van der Waals surface area contributed by atoms with E-state index in [2.05, 4.69) is 10.3 Å². The highest BCUT2D eigenvalue weighted by Crippen LogP contribution is 2.33. The number of fused-ring (bicyclic) bond motifs is 1. The Labute approximate surface area is 183 Å². The van der Waals surface area contributed by atoms with Crippen molar-refractivity contribution in [2.24, 2.45) is 0 Å². The molecule has 4 rings (SSSR count). The maximum Gasteiger partial charge on any atom is 0.336 e. The van der Waals surface area contributed by atoms with E-state index in [0.29, 0.717) is 21.3 Å². The fraction of sp³-hybridized carbons (Fsp3) is 0.0500. The number of hydrogen-bond donors (Lipinski definition) is 1. The molecule has 0 radical (unpaired) electrons. The number of hydrogen-bond acceptors (Lipinski definition) is 6. The van der Waals surface area contributed by atoms with Crippen LogP contribution in [0.1, 0.15) is 0 Å². The number of nitrogens with one attached hydrogen (secondary N) is 1. The highest BCUT2D eigenvalue weighted by molar-refractivity contribution is 8.01. The number of halogens is 2. The number of carbonyl (C=O) groups is 1. The summed E-state index contributed by atoms with van der Waals surface area (Å²) in [6, 6.07) is 13.4. The molecule has 0 aliphatic rings. The van der Waals surface area contributed by atoms with Crippen molar-refractivity contribution in [2.45, 2.75) is 4.34 Å². The molecule has 0 saturated carbocycles. The van der Waals surface area contributed by atoms with Crippen molar-refractivity contribution in [1.82, 2.24) is 4.98 Å². The van der Waals surface area contributed by atoms with Gasteiger partial charge in [-0.05, 0) is 42.5 Å². The third kappa shape index (κ3) is 4.82.